The lowest BCUT2D eigenvalue weighted by molar-refractivity contribution is 0.00787. The number of hydrogen-bond acceptors (Lipinski definition) is 2. The molecule has 0 bridgehead atoms. The van der Waals surface area contributed by atoms with Gasteiger partial charge in [0.05, 0.1) is 17.6 Å². The molecule has 1 atom stereocenters. The van der Waals surface area contributed by atoms with E-state index in [4.69, 9.17) is 5.26 Å². The SMILES string of the molecule is Cc1cc(C(O)C2(C#N)CCC2)ccc1F. The molecule has 3 heteroatoms. The van der Waals surface area contributed by atoms with Crippen LogP contribution in [0.15, 0.2) is 18.2 Å². The van der Waals surface area contributed by atoms with Gasteiger partial charge in [-0.3, -0.25) is 0 Å². The van der Waals surface area contributed by atoms with Crippen LogP contribution in [0.2, 0.25) is 0 Å². The first-order valence-corrected chi connectivity index (χ1v) is 5.44. The van der Waals surface area contributed by atoms with Crippen molar-refractivity contribution in [2.75, 3.05) is 0 Å². The van der Waals surface area contributed by atoms with Crippen molar-refractivity contribution in [3.63, 3.8) is 0 Å². The van der Waals surface area contributed by atoms with Crippen molar-refractivity contribution < 1.29 is 9.50 Å². The van der Waals surface area contributed by atoms with E-state index in [1.807, 2.05) is 0 Å². The Morgan fingerprint density at radius 3 is 2.62 bits per heavy atom. The van der Waals surface area contributed by atoms with Crippen molar-refractivity contribution in [1.82, 2.24) is 0 Å². The van der Waals surface area contributed by atoms with E-state index in [0.717, 1.165) is 19.3 Å². The summed E-state index contributed by atoms with van der Waals surface area (Å²) in [4.78, 5) is 0. The van der Waals surface area contributed by atoms with Crippen LogP contribution in [0.25, 0.3) is 0 Å². The predicted molar refractivity (Wildman–Crippen MR) is 58.0 cm³/mol. The van der Waals surface area contributed by atoms with E-state index in [1.54, 1.807) is 19.1 Å². The zero-order valence-corrected chi connectivity index (χ0v) is 9.20. The van der Waals surface area contributed by atoms with E-state index in [9.17, 15) is 9.50 Å². The third-order valence-corrected chi connectivity index (χ3v) is 3.49. The van der Waals surface area contributed by atoms with E-state index in [0.29, 0.717) is 11.1 Å². The number of nitriles is 1. The van der Waals surface area contributed by atoms with Gasteiger partial charge in [0.1, 0.15) is 5.82 Å². The first-order valence-electron chi connectivity index (χ1n) is 5.44. The fourth-order valence-corrected chi connectivity index (χ4v) is 2.16. The molecule has 0 radical (unpaired) electrons. The van der Waals surface area contributed by atoms with Gasteiger partial charge < -0.3 is 5.11 Å². The van der Waals surface area contributed by atoms with Crippen molar-refractivity contribution >= 4 is 0 Å². The molecule has 0 aliphatic heterocycles. The number of hydrogen-bond donors (Lipinski definition) is 1. The van der Waals surface area contributed by atoms with Crippen molar-refractivity contribution in [1.29, 1.82) is 5.26 Å². The Morgan fingerprint density at radius 2 is 2.19 bits per heavy atom. The second-order valence-electron chi connectivity index (χ2n) is 4.53. The quantitative estimate of drug-likeness (QED) is 0.831. The molecule has 1 aromatic carbocycles. The molecule has 2 rings (SSSR count). The van der Waals surface area contributed by atoms with Gasteiger partial charge in [-0.05, 0) is 37.0 Å². The highest BCUT2D eigenvalue weighted by molar-refractivity contribution is 5.29. The molecule has 2 nitrogen and oxygen atoms in total. The lowest BCUT2D eigenvalue weighted by Crippen LogP contribution is -2.34. The molecule has 0 aromatic heterocycles. The minimum Gasteiger partial charge on any atom is -0.387 e. The Bertz CT molecular complexity index is 446. The number of benzene rings is 1. The van der Waals surface area contributed by atoms with Gasteiger partial charge in [-0.1, -0.05) is 18.6 Å². The van der Waals surface area contributed by atoms with Gasteiger partial charge in [0, 0.05) is 0 Å². The van der Waals surface area contributed by atoms with Gasteiger partial charge in [-0.15, -0.1) is 0 Å². The molecule has 0 amide bonds. The molecule has 0 saturated heterocycles. The monoisotopic (exact) mass is 219 g/mol. The maximum absolute atomic E-state index is 13.1. The summed E-state index contributed by atoms with van der Waals surface area (Å²) in [7, 11) is 0. The van der Waals surface area contributed by atoms with Crippen molar-refractivity contribution in [3.8, 4) is 6.07 Å². The minimum atomic E-state index is -0.800. The number of rotatable bonds is 2. The molecule has 0 heterocycles. The average molecular weight is 219 g/mol. The molecule has 1 aliphatic rings. The first-order chi connectivity index (χ1) is 7.59. The van der Waals surface area contributed by atoms with E-state index in [1.165, 1.54) is 6.07 Å². The first kappa shape index (κ1) is 11.1. The van der Waals surface area contributed by atoms with Crippen LogP contribution >= 0.6 is 0 Å². The van der Waals surface area contributed by atoms with Crippen molar-refractivity contribution in [2.45, 2.75) is 32.3 Å². The summed E-state index contributed by atoms with van der Waals surface area (Å²) >= 11 is 0. The highest BCUT2D eigenvalue weighted by atomic mass is 19.1. The summed E-state index contributed by atoms with van der Waals surface area (Å²) < 4.78 is 13.1. The third-order valence-electron chi connectivity index (χ3n) is 3.49. The maximum Gasteiger partial charge on any atom is 0.126 e. The molecule has 84 valence electrons. The zero-order valence-electron chi connectivity index (χ0n) is 9.20. The molecule has 0 spiro atoms. The standard InChI is InChI=1S/C13H14FNO/c1-9-7-10(3-4-11(9)14)12(16)13(8-15)5-2-6-13/h3-4,7,12,16H,2,5-6H2,1H3. The second-order valence-corrected chi connectivity index (χ2v) is 4.53. The number of aryl methyl sites for hydroxylation is 1. The second kappa shape index (κ2) is 3.88. The molecule has 1 unspecified atom stereocenters. The van der Waals surface area contributed by atoms with E-state index in [-0.39, 0.29) is 5.82 Å². The van der Waals surface area contributed by atoms with Crippen LogP contribution in [0.3, 0.4) is 0 Å². The molecule has 1 saturated carbocycles. The molecular formula is C13H14FNO. The van der Waals surface area contributed by atoms with Crippen LogP contribution in [0.4, 0.5) is 4.39 Å². The summed E-state index contributed by atoms with van der Waals surface area (Å²) in [5, 5.41) is 19.3. The van der Waals surface area contributed by atoms with Crippen molar-refractivity contribution in [3.05, 3.63) is 35.1 Å². The highest BCUT2D eigenvalue weighted by Crippen LogP contribution is 2.49. The molecule has 1 aromatic rings. The predicted octanol–water partition coefficient (Wildman–Crippen LogP) is 2.86. The minimum absolute atomic E-state index is 0.282. The van der Waals surface area contributed by atoms with Crippen LogP contribution in [-0.2, 0) is 0 Å². The van der Waals surface area contributed by atoms with Gasteiger partial charge >= 0.3 is 0 Å². The molecule has 1 fully saturated rings. The van der Waals surface area contributed by atoms with Crippen LogP contribution in [0.1, 0.15) is 36.5 Å². The van der Waals surface area contributed by atoms with Crippen molar-refractivity contribution in [2.24, 2.45) is 5.41 Å². The number of aliphatic hydroxyl groups excluding tert-OH is 1. The summed E-state index contributed by atoms with van der Waals surface area (Å²) in [6.07, 6.45) is 1.62. The smallest absolute Gasteiger partial charge is 0.126 e. The summed E-state index contributed by atoms with van der Waals surface area (Å²) in [6.45, 7) is 1.66. The number of nitrogens with zero attached hydrogens (tertiary/aromatic N) is 1. The fourth-order valence-electron chi connectivity index (χ4n) is 2.16. The van der Waals surface area contributed by atoms with Gasteiger partial charge in [0.15, 0.2) is 0 Å². The van der Waals surface area contributed by atoms with Gasteiger partial charge in [-0.2, -0.15) is 5.26 Å². The molecule has 16 heavy (non-hydrogen) atoms. The lowest BCUT2D eigenvalue weighted by atomic mass is 9.64. The topological polar surface area (TPSA) is 44.0 Å². The normalized spacial score (nSPS) is 19.6. The summed E-state index contributed by atoms with van der Waals surface area (Å²) in [5.74, 6) is -0.282. The summed E-state index contributed by atoms with van der Waals surface area (Å²) in [5.41, 5.74) is 0.494. The fraction of sp³-hybridized carbons (Fsp3) is 0.462. The Morgan fingerprint density at radius 1 is 1.50 bits per heavy atom. The lowest BCUT2D eigenvalue weighted by Gasteiger charge is -2.39. The Kier molecular flexibility index (Phi) is 2.69. The van der Waals surface area contributed by atoms with Gasteiger partial charge in [-0.25, -0.2) is 4.39 Å². The van der Waals surface area contributed by atoms with Gasteiger partial charge in [0.2, 0.25) is 0 Å². The van der Waals surface area contributed by atoms with E-state index in [2.05, 4.69) is 6.07 Å². The molecule has 1 aliphatic carbocycles. The Labute approximate surface area is 94.3 Å². The Hall–Kier alpha value is -1.40. The van der Waals surface area contributed by atoms with Crippen LogP contribution < -0.4 is 0 Å². The number of aliphatic hydroxyl groups is 1. The van der Waals surface area contributed by atoms with E-state index >= 15 is 0 Å². The largest absolute Gasteiger partial charge is 0.387 e. The molecular weight excluding hydrogens is 205 g/mol. The Balaban J connectivity index is 2.31. The molecule has 1 N–H and O–H groups in total. The highest BCUT2D eigenvalue weighted by Gasteiger charge is 2.44. The van der Waals surface area contributed by atoms with Crippen LogP contribution in [0, 0.1) is 29.5 Å². The number of halogens is 1. The van der Waals surface area contributed by atoms with E-state index < -0.39 is 11.5 Å². The maximum atomic E-state index is 13.1. The summed E-state index contributed by atoms with van der Waals surface area (Å²) in [6, 6.07) is 6.73. The van der Waals surface area contributed by atoms with Crippen LogP contribution in [-0.4, -0.2) is 5.11 Å². The van der Waals surface area contributed by atoms with Crippen LogP contribution in [0.5, 0.6) is 0 Å². The third kappa shape index (κ3) is 1.60. The average Bonchev–Trinajstić information content (AvgIpc) is 2.21. The van der Waals surface area contributed by atoms with Gasteiger partial charge in [0.25, 0.3) is 0 Å². The zero-order chi connectivity index (χ0) is 11.8.